The number of carbonyl (C=O) groups excluding carboxylic acids is 1. The number of amides is 1. The third-order valence-electron chi connectivity index (χ3n) is 4.51. The average molecular weight is 224 g/mol. The summed E-state index contributed by atoms with van der Waals surface area (Å²) in [6.45, 7) is 8.48. The van der Waals surface area contributed by atoms with Gasteiger partial charge < -0.3 is 10.6 Å². The number of hydrogen-bond acceptors (Lipinski definition) is 2. The molecule has 16 heavy (non-hydrogen) atoms. The van der Waals surface area contributed by atoms with Crippen LogP contribution in [0.1, 0.15) is 46.5 Å². The first kappa shape index (κ1) is 11.9. The summed E-state index contributed by atoms with van der Waals surface area (Å²) in [5.41, 5.74) is 0.189. The van der Waals surface area contributed by atoms with Crippen molar-refractivity contribution in [2.24, 2.45) is 11.3 Å². The van der Waals surface area contributed by atoms with Crippen LogP contribution in [-0.4, -0.2) is 24.5 Å². The van der Waals surface area contributed by atoms with E-state index in [4.69, 9.17) is 0 Å². The van der Waals surface area contributed by atoms with E-state index in [2.05, 4.69) is 31.4 Å². The third-order valence-corrected chi connectivity index (χ3v) is 4.51. The lowest BCUT2D eigenvalue weighted by atomic mass is 9.93. The quantitative estimate of drug-likeness (QED) is 0.763. The molecule has 2 atom stereocenters. The highest BCUT2D eigenvalue weighted by atomic mass is 16.2. The fourth-order valence-electron chi connectivity index (χ4n) is 2.77. The Bertz CT molecular complexity index is 280. The van der Waals surface area contributed by atoms with Gasteiger partial charge in [0.1, 0.15) is 0 Å². The Morgan fingerprint density at radius 3 is 2.62 bits per heavy atom. The lowest BCUT2D eigenvalue weighted by Gasteiger charge is -2.26. The molecule has 2 unspecified atom stereocenters. The lowest BCUT2D eigenvalue weighted by Crippen LogP contribution is -2.53. The molecule has 0 spiro atoms. The normalized spacial score (nSPS) is 36.1. The van der Waals surface area contributed by atoms with Crippen LogP contribution in [0.3, 0.4) is 0 Å². The highest BCUT2D eigenvalue weighted by Crippen LogP contribution is 2.51. The molecule has 1 amide bonds. The van der Waals surface area contributed by atoms with E-state index in [9.17, 15) is 4.79 Å². The second-order valence-electron chi connectivity index (χ2n) is 6.07. The molecular weight excluding hydrogens is 200 g/mol. The van der Waals surface area contributed by atoms with Crippen molar-refractivity contribution in [3.63, 3.8) is 0 Å². The zero-order chi connectivity index (χ0) is 11.8. The van der Waals surface area contributed by atoms with Gasteiger partial charge in [0, 0.05) is 6.54 Å². The number of hydrogen-bond donors (Lipinski definition) is 2. The molecule has 1 heterocycles. The zero-order valence-electron chi connectivity index (χ0n) is 10.7. The van der Waals surface area contributed by atoms with Gasteiger partial charge in [-0.2, -0.15) is 0 Å². The molecule has 0 aromatic carbocycles. The van der Waals surface area contributed by atoms with Gasteiger partial charge in [-0.15, -0.1) is 0 Å². The summed E-state index contributed by atoms with van der Waals surface area (Å²) in [5, 5.41) is 6.50. The number of rotatable bonds is 4. The number of nitrogens with one attached hydrogen (secondary N) is 2. The van der Waals surface area contributed by atoms with Crippen LogP contribution in [-0.2, 0) is 4.79 Å². The van der Waals surface area contributed by atoms with E-state index >= 15 is 0 Å². The standard InChI is InChI=1S/C13H24N2O/c1-4-13(6-5-7-15-13)11(16)14-9-10-8-12(10,2)3/h10,15H,4-9H2,1-3H3,(H,14,16). The Kier molecular flexibility index (Phi) is 2.99. The first-order valence-electron chi connectivity index (χ1n) is 6.53. The molecule has 1 aliphatic heterocycles. The Labute approximate surface area is 98.4 Å². The van der Waals surface area contributed by atoms with Gasteiger partial charge in [-0.05, 0) is 43.6 Å². The molecule has 1 aliphatic carbocycles. The predicted octanol–water partition coefficient (Wildman–Crippen LogP) is 1.68. The summed E-state index contributed by atoms with van der Waals surface area (Å²) in [6, 6.07) is 0. The first-order chi connectivity index (χ1) is 7.50. The van der Waals surface area contributed by atoms with E-state index in [1.807, 2.05) is 0 Å². The summed E-state index contributed by atoms with van der Waals surface area (Å²) < 4.78 is 0. The van der Waals surface area contributed by atoms with Crippen LogP contribution in [0.5, 0.6) is 0 Å². The van der Waals surface area contributed by atoms with Crippen molar-refractivity contribution in [2.45, 2.75) is 52.0 Å². The maximum absolute atomic E-state index is 12.2. The zero-order valence-corrected chi connectivity index (χ0v) is 10.7. The van der Waals surface area contributed by atoms with Crippen molar-refractivity contribution < 1.29 is 4.79 Å². The monoisotopic (exact) mass is 224 g/mol. The maximum atomic E-state index is 12.2. The smallest absolute Gasteiger partial charge is 0.240 e. The van der Waals surface area contributed by atoms with E-state index in [0.29, 0.717) is 11.3 Å². The van der Waals surface area contributed by atoms with Gasteiger partial charge >= 0.3 is 0 Å². The van der Waals surface area contributed by atoms with Crippen LogP contribution in [0, 0.1) is 11.3 Å². The van der Waals surface area contributed by atoms with Crippen LogP contribution >= 0.6 is 0 Å². The molecule has 2 N–H and O–H groups in total. The SMILES string of the molecule is CCC1(C(=O)NCC2CC2(C)C)CCCN1. The van der Waals surface area contributed by atoms with Crippen LogP contribution in [0.15, 0.2) is 0 Å². The molecule has 0 aromatic heterocycles. The van der Waals surface area contributed by atoms with Crippen molar-refractivity contribution in [3.8, 4) is 0 Å². The van der Waals surface area contributed by atoms with Gasteiger partial charge in [0.05, 0.1) is 5.54 Å². The van der Waals surface area contributed by atoms with E-state index < -0.39 is 0 Å². The molecular formula is C13H24N2O. The maximum Gasteiger partial charge on any atom is 0.240 e. The van der Waals surface area contributed by atoms with Gasteiger partial charge in [0.15, 0.2) is 0 Å². The fraction of sp³-hybridized carbons (Fsp3) is 0.923. The minimum atomic E-state index is -0.265. The second-order valence-corrected chi connectivity index (χ2v) is 6.07. The highest BCUT2D eigenvalue weighted by molar-refractivity contribution is 5.86. The summed E-state index contributed by atoms with van der Waals surface area (Å²) in [5.74, 6) is 0.905. The highest BCUT2D eigenvalue weighted by Gasteiger charge is 2.46. The molecule has 3 heteroatoms. The largest absolute Gasteiger partial charge is 0.354 e. The van der Waals surface area contributed by atoms with Crippen molar-refractivity contribution >= 4 is 5.91 Å². The molecule has 1 saturated carbocycles. The van der Waals surface area contributed by atoms with E-state index in [-0.39, 0.29) is 11.4 Å². The van der Waals surface area contributed by atoms with E-state index in [1.165, 1.54) is 6.42 Å². The van der Waals surface area contributed by atoms with E-state index in [1.54, 1.807) is 0 Å². The predicted molar refractivity (Wildman–Crippen MR) is 65.2 cm³/mol. The van der Waals surface area contributed by atoms with Crippen LogP contribution in [0.25, 0.3) is 0 Å². The van der Waals surface area contributed by atoms with Crippen LogP contribution in [0.4, 0.5) is 0 Å². The summed E-state index contributed by atoms with van der Waals surface area (Å²) in [7, 11) is 0. The molecule has 92 valence electrons. The summed E-state index contributed by atoms with van der Waals surface area (Å²) >= 11 is 0. The van der Waals surface area contributed by atoms with Crippen molar-refractivity contribution in [3.05, 3.63) is 0 Å². The van der Waals surface area contributed by atoms with E-state index in [0.717, 1.165) is 32.4 Å². The summed E-state index contributed by atoms with van der Waals surface area (Å²) in [6.07, 6.45) is 4.26. The Morgan fingerprint density at radius 1 is 1.50 bits per heavy atom. The van der Waals surface area contributed by atoms with Crippen molar-refractivity contribution in [1.82, 2.24) is 10.6 Å². The topological polar surface area (TPSA) is 41.1 Å². The minimum Gasteiger partial charge on any atom is -0.354 e. The Hall–Kier alpha value is -0.570. The molecule has 2 rings (SSSR count). The van der Waals surface area contributed by atoms with Gasteiger partial charge in [-0.1, -0.05) is 20.8 Å². The first-order valence-corrected chi connectivity index (χ1v) is 6.53. The lowest BCUT2D eigenvalue weighted by molar-refractivity contribution is -0.127. The van der Waals surface area contributed by atoms with Gasteiger partial charge in [0.25, 0.3) is 0 Å². The molecule has 2 aliphatic rings. The van der Waals surface area contributed by atoms with Crippen molar-refractivity contribution in [2.75, 3.05) is 13.1 Å². The van der Waals surface area contributed by atoms with Gasteiger partial charge in [0.2, 0.25) is 5.91 Å². The number of carbonyl (C=O) groups is 1. The third kappa shape index (κ3) is 2.10. The molecule has 0 radical (unpaired) electrons. The average Bonchev–Trinajstić information content (AvgIpc) is 2.70. The fourth-order valence-corrected chi connectivity index (χ4v) is 2.77. The summed E-state index contributed by atoms with van der Waals surface area (Å²) in [4.78, 5) is 12.2. The molecule has 3 nitrogen and oxygen atoms in total. The molecule has 0 aromatic rings. The Morgan fingerprint density at radius 2 is 2.19 bits per heavy atom. The molecule has 0 bridgehead atoms. The Balaban J connectivity index is 1.83. The molecule has 1 saturated heterocycles. The van der Waals surface area contributed by atoms with Crippen LogP contribution in [0.2, 0.25) is 0 Å². The minimum absolute atomic E-state index is 0.218. The molecule has 2 fully saturated rings. The van der Waals surface area contributed by atoms with Gasteiger partial charge in [-0.3, -0.25) is 4.79 Å². The van der Waals surface area contributed by atoms with Crippen LogP contribution < -0.4 is 10.6 Å². The van der Waals surface area contributed by atoms with Crippen molar-refractivity contribution in [1.29, 1.82) is 0 Å². The second kappa shape index (κ2) is 4.02. The van der Waals surface area contributed by atoms with Gasteiger partial charge in [-0.25, -0.2) is 0 Å².